The predicted molar refractivity (Wildman–Crippen MR) is 71.0 cm³/mol. The van der Waals surface area contributed by atoms with Gasteiger partial charge in [-0.2, -0.15) is 10.5 Å². The number of fused-ring (bicyclic) bond motifs is 1. The summed E-state index contributed by atoms with van der Waals surface area (Å²) in [6.45, 7) is 0. The second-order valence-electron chi connectivity index (χ2n) is 3.85. The highest BCUT2D eigenvalue weighted by Crippen LogP contribution is 2.33. The lowest BCUT2D eigenvalue weighted by atomic mass is 10.0. The predicted octanol–water partition coefficient (Wildman–Crippen LogP) is 3.64. The van der Waals surface area contributed by atoms with Crippen LogP contribution >= 0.6 is 11.3 Å². The zero-order valence-corrected chi connectivity index (χ0v) is 10.1. The third-order valence-electron chi connectivity index (χ3n) is 2.87. The van der Waals surface area contributed by atoms with Crippen LogP contribution in [0.4, 0.5) is 0 Å². The molecule has 1 N–H and O–H groups in total. The van der Waals surface area contributed by atoms with Crippen molar-refractivity contribution in [1.82, 2.24) is 4.98 Å². The van der Waals surface area contributed by atoms with E-state index in [0.29, 0.717) is 10.4 Å². The molecule has 0 aliphatic rings. The van der Waals surface area contributed by atoms with Crippen LogP contribution in [0.15, 0.2) is 35.8 Å². The van der Waals surface area contributed by atoms with Crippen LogP contribution in [-0.4, -0.2) is 4.98 Å². The quantitative estimate of drug-likeness (QED) is 0.715. The molecular weight excluding hydrogens is 242 g/mol. The molecule has 0 spiro atoms. The van der Waals surface area contributed by atoms with E-state index < -0.39 is 0 Å². The molecule has 84 valence electrons. The summed E-state index contributed by atoms with van der Waals surface area (Å²) in [7, 11) is 0. The van der Waals surface area contributed by atoms with Crippen molar-refractivity contribution in [3.05, 3.63) is 46.3 Å². The largest absolute Gasteiger partial charge is 0.361 e. The number of aromatic amines is 1. The van der Waals surface area contributed by atoms with E-state index in [-0.39, 0.29) is 0 Å². The van der Waals surface area contributed by atoms with Crippen LogP contribution in [-0.2, 0) is 0 Å². The smallest absolute Gasteiger partial charge is 0.112 e. The first-order valence-corrected chi connectivity index (χ1v) is 6.20. The molecule has 0 bridgehead atoms. The molecule has 2 heterocycles. The normalized spacial score (nSPS) is 10.1. The van der Waals surface area contributed by atoms with Gasteiger partial charge >= 0.3 is 0 Å². The Bertz CT molecular complexity index is 812. The van der Waals surface area contributed by atoms with Gasteiger partial charge in [-0.15, -0.1) is 11.3 Å². The Morgan fingerprint density at radius 1 is 1.06 bits per heavy atom. The second kappa shape index (κ2) is 4.03. The maximum Gasteiger partial charge on any atom is 0.112 e. The number of thiophene rings is 1. The molecule has 0 saturated carbocycles. The van der Waals surface area contributed by atoms with Crippen LogP contribution in [0, 0.1) is 22.7 Å². The number of nitriles is 2. The second-order valence-corrected chi connectivity index (χ2v) is 4.77. The first-order chi connectivity index (χ1) is 8.83. The molecule has 3 rings (SSSR count). The van der Waals surface area contributed by atoms with Crippen LogP contribution < -0.4 is 0 Å². The molecule has 1 aromatic carbocycles. The van der Waals surface area contributed by atoms with Gasteiger partial charge in [-0.1, -0.05) is 0 Å². The molecule has 4 heteroatoms. The van der Waals surface area contributed by atoms with Crippen LogP contribution in [0.5, 0.6) is 0 Å². The van der Waals surface area contributed by atoms with Crippen LogP contribution in [0.25, 0.3) is 22.0 Å². The Morgan fingerprint density at radius 3 is 2.72 bits per heavy atom. The summed E-state index contributed by atoms with van der Waals surface area (Å²) in [6.07, 6.45) is 1.88. The van der Waals surface area contributed by atoms with Crippen molar-refractivity contribution in [1.29, 1.82) is 10.5 Å². The molecule has 18 heavy (non-hydrogen) atoms. The van der Waals surface area contributed by atoms with Crippen molar-refractivity contribution < 1.29 is 0 Å². The maximum absolute atomic E-state index is 9.08. The summed E-state index contributed by atoms with van der Waals surface area (Å²) in [5, 5.41) is 20.9. The molecule has 0 saturated heterocycles. The third kappa shape index (κ3) is 1.48. The summed E-state index contributed by atoms with van der Waals surface area (Å²) in [4.78, 5) is 3.86. The zero-order valence-electron chi connectivity index (χ0n) is 9.27. The Balaban J connectivity index is 2.31. The van der Waals surface area contributed by atoms with E-state index in [4.69, 9.17) is 10.5 Å². The maximum atomic E-state index is 9.08. The minimum atomic E-state index is 0.622. The van der Waals surface area contributed by atoms with Gasteiger partial charge in [0.1, 0.15) is 10.9 Å². The average Bonchev–Trinajstić information content (AvgIpc) is 3.03. The van der Waals surface area contributed by atoms with E-state index in [9.17, 15) is 0 Å². The highest BCUT2D eigenvalue weighted by Gasteiger charge is 2.11. The fraction of sp³-hybridized carbons (Fsp3) is 0. The summed E-state index contributed by atoms with van der Waals surface area (Å²) in [5.74, 6) is 0. The van der Waals surface area contributed by atoms with Gasteiger partial charge in [0.05, 0.1) is 11.6 Å². The molecular formula is C14H7N3S. The van der Waals surface area contributed by atoms with E-state index in [1.807, 2.05) is 29.8 Å². The van der Waals surface area contributed by atoms with Gasteiger partial charge in [0.2, 0.25) is 0 Å². The van der Waals surface area contributed by atoms with Gasteiger partial charge in [-0.25, -0.2) is 0 Å². The number of benzene rings is 1. The van der Waals surface area contributed by atoms with Gasteiger partial charge in [-0.3, -0.25) is 0 Å². The molecule has 0 unspecified atom stereocenters. The number of H-pyrrole nitrogens is 1. The van der Waals surface area contributed by atoms with E-state index in [1.54, 1.807) is 6.07 Å². The Labute approximate surface area is 108 Å². The lowest BCUT2D eigenvalue weighted by molar-refractivity contribution is 1.46. The van der Waals surface area contributed by atoms with Crippen molar-refractivity contribution in [2.45, 2.75) is 0 Å². The molecule has 0 fully saturated rings. The van der Waals surface area contributed by atoms with Gasteiger partial charge in [0.15, 0.2) is 0 Å². The van der Waals surface area contributed by atoms with E-state index in [0.717, 1.165) is 22.0 Å². The number of nitrogens with one attached hydrogen (secondary N) is 1. The topological polar surface area (TPSA) is 63.4 Å². The monoisotopic (exact) mass is 249 g/mol. The summed E-state index contributed by atoms with van der Waals surface area (Å²) >= 11 is 1.43. The molecule has 0 atom stereocenters. The van der Waals surface area contributed by atoms with Crippen molar-refractivity contribution in [3.63, 3.8) is 0 Å². The number of hydrogen-bond donors (Lipinski definition) is 1. The van der Waals surface area contributed by atoms with Crippen LogP contribution in [0.3, 0.4) is 0 Å². The zero-order chi connectivity index (χ0) is 12.5. The number of hydrogen-bond acceptors (Lipinski definition) is 3. The van der Waals surface area contributed by atoms with Gasteiger partial charge < -0.3 is 4.98 Å². The summed E-state index contributed by atoms with van der Waals surface area (Å²) < 4.78 is 0. The minimum absolute atomic E-state index is 0.622. The number of aromatic nitrogens is 1. The highest BCUT2D eigenvalue weighted by atomic mass is 32.1. The molecule has 0 aliphatic heterocycles. The molecule has 3 aromatic rings. The molecule has 0 amide bonds. The molecule has 3 nitrogen and oxygen atoms in total. The highest BCUT2D eigenvalue weighted by molar-refractivity contribution is 7.11. The fourth-order valence-electron chi connectivity index (χ4n) is 2.02. The van der Waals surface area contributed by atoms with E-state index in [1.165, 1.54) is 11.3 Å². The lowest BCUT2D eigenvalue weighted by Gasteiger charge is -1.97. The lowest BCUT2D eigenvalue weighted by Crippen LogP contribution is -1.77. The number of rotatable bonds is 1. The van der Waals surface area contributed by atoms with Crippen molar-refractivity contribution in [2.75, 3.05) is 0 Å². The molecule has 0 radical (unpaired) electrons. The Kier molecular flexibility index (Phi) is 2.37. The first-order valence-electron chi connectivity index (χ1n) is 5.32. The first kappa shape index (κ1) is 10.6. The van der Waals surface area contributed by atoms with Crippen LogP contribution in [0.2, 0.25) is 0 Å². The molecule has 2 aromatic heterocycles. The van der Waals surface area contributed by atoms with Crippen LogP contribution in [0.1, 0.15) is 10.4 Å². The van der Waals surface area contributed by atoms with E-state index in [2.05, 4.69) is 17.1 Å². The van der Waals surface area contributed by atoms with Crippen molar-refractivity contribution in [3.8, 4) is 23.3 Å². The SMILES string of the molecule is N#Cc1ccc2[nH]cc(-c3ccsc3C#N)c2c1. The Morgan fingerprint density at radius 2 is 1.94 bits per heavy atom. The summed E-state index contributed by atoms with van der Waals surface area (Å²) in [6, 6.07) is 11.8. The average molecular weight is 249 g/mol. The van der Waals surface area contributed by atoms with Gasteiger partial charge in [0.25, 0.3) is 0 Å². The third-order valence-corrected chi connectivity index (χ3v) is 3.69. The fourth-order valence-corrected chi connectivity index (χ4v) is 2.72. The minimum Gasteiger partial charge on any atom is -0.361 e. The van der Waals surface area contributed by atoms with Gasteiger partial charge in [-0.05, 0) is 29.6 Å². The van der Waals surface area contributed by atoms with E-state index >= 15 is 0 Å². The number of nitrogens with zero attached hydrogens (tertiary/aromatic N) is 2. The summed E-state index contributed by atoms with van der Waals surface area (Å²) in [5.41, 5.74) is 3.49. The van der Waals surface area contributed by atoms with Crippen molar-refractivity contribution in [2.24, 2.45) is 0 Å². The molecule has 0 aliphatic carbocycles. The standard InChI is InChI=1S/C14H7N3S/c15-6-9-1-2-13-11(5-9)12(8-17-13)10-3-4-18-14(10)7-16/h1-5,8,17H. The van der Waals surface area contributed by atoms with Gasteiger partial charge in [0, 0.05) is 28.2 Å². The van der Waals surface area contributed by atoms with Crippen molar-refractivity contribution >= 4 is 22.2 Å². The Hall–Kier alpha value is -2.56.